The van der Waals surface area contributed by atoms with Gasteiger partial charge in [0, 0.05) is 36.4 Å². The summed E-state index contributed by atoms with van der Waals surface area (Å²) in [6.07, 6.45) is 3.80. The lowest BCUT2D eigenvalue weighted by Gasteiger charge is -2.08. The molecule has 0 saturated heterocycles. The molecule has 142 valence electrons. The Balaban J connectivity index is 1.51. The minimum absolute atomic E-state index is 0.213. The Morgan fingerprint density at radius 2 is 1.50 bits per heavy atom. The summed E-state index contributed by atoms with van der Waals surface area (Å²) >= 11 is 0. The van der Waals surface area contributed by atoms with Crippen LogP contribution in [0.4, 0.5) is 5.69 Å². The number of carbonyl (C=O) groups excluding carboxylic acids is 3. The predicted octanol–water partition coefficient (Wildman–Crippen LogP) is 2.63. The summed E-state index contributed by atoms with van der Waals surface area (Å²) in [5.74, 6) is -1.26. The topological polar surface area (TPSA) is 89.4 Å². The van der Waals surface area contributed by atoms with E-state index in [4.69, 9.17) is 4.74 Å². The normalized spacial score (nSPS) is 10.2. The summed E-state index contributed by atoms with van der Waals surface area (Å²) in [5.41, 5.74) is 2.26. The van der Waals surface area contributed by atoms with Gasteiger partial charge in [0.15, 0.2) is 6.61 Å². The lowest BCUT2D eigenvalue weighted by molar-refractivity contribution is -0.119. The van der Waals surface area contributed by atoms with Crippen molar-refractivity contribution in [1.82, 2.24) is 9.88 Å². The summed E-state index contributed by atoms with van der Waals surface area (Å²) in [6, 6.07) is 17.1. The number of carbonyl (C=O) groups is 3. The third-order valence-electron chi connectivity index (χ3n) is 4.00. The maximum atomic E-state index is 12.1. The number of ether oxygens (including phenoxy) is 1. The van der Waals surface area contributed by atoms with Crippen molar-refractivity contribution in [2.45, 2.75) is 0 Å². The number of nitrogens with zero attached hydrogens (tertiary/aromatic N) is 1. The lowest BCUT2D eigenvalue weighted by Crippen LogP contribution is -2.21. The summed E-state index contributed by atoms with van der Waals surface area (Å²) in [4.78, 5) is 35.6. The Morgan fingerprint density at radius 1 is 0.893 bits per heavy atom. The molecule has 0 spiro atoms. The largest absolute Gasteiger partial charge is 0.452 e. The molecule has 0 aliphatic rings. The van der Waals surface area contributed by atoms with Crippen molar-refractivity contribution in [1.29, 1.82) is 0 Å². The van der Waals surface area contributed by atoms with Crippen molar-refractivity contribution in [3.8, 4) is 5.69 Å². The predicted molar refractivity (Wildman–Crippen MR) is 105 cm³/mol. The van der Waals surface area contributed by atoms with Gasteiger partial charge in [-0.2, -0.15) is 0 Å². The minimum atomic E-state index is -0.579. The fourth-order valence-corrected chi connectivity index (χ4v) is 2.54. The van der Waals surface area contributed by atoms with Crippen LogP contribution in [0.15, 0.2) is 73.1 Å². The lowest BCUT2D eigenvalue weighted by atomic mass is 10.2. The summed E-state index contributed by atoms with van der Waals surface area (Å²) in [6.45, 7) is -0.407. The van der Waals surface area contributed by atoms with E-state index < -0.39 is 18.5 Å². The van der Waals surface area contributed by atoms with Crippen molar-refractivity contribution in [2.24, 2.45) is 0 Å². The fourth-order valence-electron chi connectivity index (χ4n) is 2.54. The Hall–Kier alpha value is -3.87. The van der Waals surface area contributed by atoms with Gasteiger partial charge in [-0.15, -0.1) is 0 Å². The van der Waals surface area contributed by atoms with Crippen molar-refractivity contribution in [2.75, 3.05) is 19.0 Å². The highest BCUT2D eigenvalue weighted by molar-refractivity contribution is 5.97. The third kappa shape index (κ3) is 4.64. The van der Waals surface area contributed by atoms with Gasteiger partial charge in [0.25, 0.3) is 11.8 Å². The number of rotatable bonds is 6. The molecule has 2 N–H and O–H groups in total. The van der Waals surface area contributed by atoms with Crippen LogP contribution in [0.5, 0.6) is 0 Å². The molecule has 7 nitrogen and oxygen atoms in total. The third-order valence-corrected chi connectivity index (χ3v) is 4.00. The van der Waals surface area contributed by atoms with Crippen LogP contribution in [-0.2, 0) is 9.53 Å². The Morgan fingerprint density at radius 3 is 2.11 bits per heavy atom. The number of hydrogen-bond acceptors (Lipinski definition) is 4. The highest BCUT2D eigenvalue weighted by atomic mass is 16.5. The van der Waals surface area contributed by atoms with Crippen LogP contribution in [0, 0.1) is 0 Å². The molecule has 0 radical (unpaired) electrons. The molecule has 0 unspecified atom stereocenters. The van der Waals surface area contributed by atoms with Crippen LogP contribution in [-0.4, -0.2) is 36.0 Å². The van der Waals surface area contributed by atoms with E-state index in [0.29, 0.717) is 16.8 Å². The smallest absolute Gasteiger partial charge is 0.338 e. The van der Waals surface area contributed by atoms with Gasteiger partial charge in [0.2, 0.25) is 0 Å². The SMILES string of the molecule is CNC(=O)c1ccc(NC(=O)COC(=O)c2ccc(-n3cccc3)cc2)cc1. The fraction of sp³-hybridized carbons (Fsp3) is 0.0952. The molecular weight excluding hydrogens is 358 g/mol. The minimum Gasteiger partial charge on any atom is -0.452 e. The number of amides is 2. The van der Waals surface area contributed by atoms with Gasteiger partial charge in [-0.3, -0.25) is 9.59 Å². The number of hydrogen-bond donors (Lipinski definition) is 2. The van der Waals surface area contributed by atoms with Gasteiger partial charge in [-0.25, -0.2) is 4.79 Å². The Labute approximate surface area is 161 Å². The second kappa shape index (κ2) is 8.68. The van der Waals surface area contributed by atoms with E-state index in [0.717, 1.165) is 5.69 Å². The molecule has 1 aromatic heterocycles. The average Bonchev–Trinajstić information content (AvgIpc) is 3.27. The molecule has 3 rings (SSSR count). The van der Waals surface area contributed by atoms with E-state index in [1.165, 1.54) is 0 Å². The second-order valence-corrected chi connectivity index (χ2v) is 5.92. The monoisotopic (exact) mass is 377 g/mol. The average molecular weight is 377 g/mol. The van der Waals surface area contributed by atoms with Gasteiger partial charge in [0.05, 0.1) is 5.56 Å². The molecule has 0 aliphatic heterocycles. The number of benzene rings is 2. The van der Waals surface area contributed by atoms with Crippen LogP contribution in [0.1, 0.15) is 20.7 Å². The van der Waals surface area contributed by atoms with Crippen molar-refractivity contribution in [3.05, 3.63) is 84.2 Å². The number of esters is 1. The molecule has 2 amide bonds. The summed E-state index contributed by atoms with van der Waals surface area (Å²) in [5, 5.41) is 5.13. The Kier molecular flexibility index (Phi) is 5.86. The number of anilines is 1. The second-order valence-electron chi connectivity index (χ2n) is 5.92. The van der Waals surface area contributed by atoms with E-state index in [1.807, 2.05) is 29.1 Å². The van der Waals surface area contributed by atoms with Crippen LogP contribution >= 0.6 is 0 Å². The molecule has 3 aromatic rings. The molecule has 0 bridgehead atoms. The zero-order valence-corrected chi connectivity index (χ0v) is 15.2. The highest BCUT2D eigenvalue weighted by Gasteiger charge is 2.11. The maximum absolute atomic E-state index is 12.1. The van der Waals surface area contributed by atoms with E-state index in [9.17, 15) is 14.4 Å². The van der Waals surface area contributed by atoms with Gasteiger partial charge in [-0.05, 0) is 60.7 Å². The Bertz CT molecular complexity index is 962. The molecule has 2 aromatic carbocycles. The molecule has 0 saturated carbocycles. The zero-order valence-electron chi connectivity index (χ0n) is 15.2. The van der Waals surface area contributed by atoms with Crippen molar-refractivity contribution < 1.29 is 19.1 Å². The van der Waals surface area contributed by atoms with Gasteiger partial charge < -0.3 is 19.9 Å². The van der Waals surface area contributed by atoms with E-state index in [-0.39, 0.29) is 5.91 Å². The van der Waals surface area contributed by atoms with Crippen molar-refractivity contribution >= 4 is 23.5 Å². The highest BCUT2D eigenvalue weighted by Crippen LogP contribution is 2.12. The van der Waals surface area contributed by atoms with Crippen LogP contribution in [0.25, 0.3) is 5.69 Å². The molecule has 1 heterocycles. The van der Waals surface area contributed by atoms with Crippen LogP contribution in [0.2, 0.25) is 0 Å². The summed E-state index contributed by atoms with van der Waals surface area (Å²) in [7, 11) is 1.54. The first kappa shape index (κ1) is 18.9. The van der Waals surface area contributed by atoms with Crippen LogP contribution < -0.4 is 10.6 Å². The maximum Gasteiger partial charge on any atom is 0.338 e. The molecule has 7 heteroatoms. The van der Waals surface area contributed by atoms with Gasteiger partial charge in [-0.1, -0.05) is 0 Å². The van der Waals surface area contributed by atoms with Crippen molar-refractivity contribution in [3.63, 3.8) is 0 Å². The zero-order chi connectivity index (χ0) is 19.9. The van der Waals surface area contributed by atoms with E-state index in [2.05, 4.69) is 10.6 Å². The van der Waals surface area contributed by atoms with Gasteiger partial charge >= 0.3 is 5.97 Å². The standard InChI is InChI=1S/C21H19N3O4/c1-22-20(26)15-4-8-17(9-5-15)23-19(25)14-28-21(27)16-6-10-18(11-7-16)24-12-2-3-13-24/h2-13H,14H2,1H3,(H,22,26)(H,23,25). The van der Waals surface area contributed by atoms with E-state index >= 15 is 0 Å². The first-order chi connectivity index (χ1) is 13.6. The van der Waals surface area contributed by atoms with E-state index in [1.54, 1.807) is 55.6 Å². The number of nitrogens with one attached hydrogen (secondary N) is 2. The molecule has 0 fully saturated rings. The first-order valence-corrected chi connectivity index (χ1v) is 8.59. The molecule has 0 aliphatic carbocycles. The summed E-state index contributed by atoms with van der Waals surface area (Å²) < 4.78 is 6.96. The molecule has 0 atom stereocenters. The first-order valence-electron chi connectivity index (χ1n) is 8.59. The quantitative estimate of drug-likeness (QED) is 0.646. The van der Waals surface area contributed by atoms with Crippen LogP contribution in [0.3, 0.4) is 0 Å². The number of aromatic nitrogens is 1. The molecular formula is C21H19N3O4. The molecule has 28 heavy (non-hydrogen) atoms. The van der Waals surface area contributed by atoms with Gasteiger partial charge in [0.1, 0.15) is 0 Å².